The first-order valence-corrected chi connectivity index (χ1v) is 9.16. The highest BCUT2D eigenvalue weighted by Gasteiger charge is 2.13. The summed E-state index contributed by atoms with van der Waals surface area (Å²) in [7, 11) is 1.63. The Morgan fingerprint density at radius 1 is 1.27 bits per heavy atom. The number of carbonyl (C=O) groups excluding carboxylic acids is 1. The Labute approximate surface area is 156 Å². The Hall–Kier alpha value is -2.80. The first-order valence-electron chi connectivity index (χ1n) is 8.28. The molecule has 0 aliphatic carbocycles. The SMILES string of the molecule is CCn1ncc(NC(=O)c2cc(COc3ccc(OC)cc3)cs2)c1C. The lowest BCUT2D eigenvalue weighted by atomic mass is 10.3. The highest BCUT2D eigenvalue weighted by atomic mass is 32.1. The number of rotatable bonds is 7. The second-order valence-corrected chi connectivity index (χ2v) is 6.61. The molecule has 0 radical (unpaired) electrons. The van der Waals surface area contributed by atoms with Gasteiger partial charge in [0.05, 0.1) is 29.6 Å². The van der Waals surface area contributed by atoms with Gasteiger partial charge in [-0.05, 0) is 49.6 Å². The van der Waals surface area contributed by atoms with Gasteiger partial charge in [0.1, 0.15) is 18.1 Å². The highest BCUT2D eigenvalue weighted by molar-refractivity contribution is 7.12. The van der Waals surface area contributed by atoms with E-state index < -0.39 is 0 Å². The number of hydrogen-bond acceptors (Lipinski definition) is 5. The monoisotopic (exact) mass is 371 g/mol. The summed E-state index contributed by atoms with van der Waals surface area (Å²) in [6.45, 7) is 5.13. The molecule has 0 aliphatic heterocycles. The van der Waals surface area contributed by atoms with Crippen molar-refractivity contribution in [1.82, 2.24) is 9.78 Å². The summed E-state index contributed by atoms with van der Waals surface area (Å²) in [4.78, 5) is 13.1. The summed E-state index contributed by atoms with van der Waals surface area (Å²) in [6.07, 6.45) is 1.68. The maximum Gasteiger partial charge on any atom is 0.265 e. The molecule has 3 rings (SSSR count). The predicted octanol–water partition coefficient (Wildman–Crippen LogP) is 4.11. The fraction of sp³-hybridized carbons (Fsp3) is 0.263. The number of aryl methyl sites for hydroxylation is 1. The zero-order valence-corrected chi connectivity index (χ0v) is 15.8. The molecule has 0 aliphatic rings. The summed E-state index contributed by atoms with van der Waals surface area (Å²) in [5, 5.41) is 9.08. The lowest BCUT2D eigenvalue weighted by molar-refractivity contribution is 0.103. The molecule has 0 unspecified atom stereocenters. The molecule has 0 saturated heterocycles. The normalized spacial score (nSPS) is 10.6. The zero-order valence-electron chi connectivity index (χ0n) is 15.0. The van der Waals surface area contributed by atoms with E-state index in [4.69, 9.17) is 9.47 Å². The molecule has 6 nitrogen and oxygen atoms in total. The van der Waals surface area contributed by atoms with Gasteiger partial charge < -0.3 is 14.8 Å². The quantitative estimate of drug-likeness (QED) is 0.679. The summed E-state index contributed by atoms with van der Waals surface area (Å²) < 4.78 is 12.7. The number of amides is 1. The van der Waals surface area contributed by atoms with Crippen LogP contribution < -0.4 is 14.8 Å². The van der Waals surface area contributed by atoms with Crippen LogP contribution in [0.4, 0.5) is 5.69 Å². The van der Waals surface area contributed by atoms with Crippen molar-refractivity contribution in [3.05, 3.63) is 58.0 Å². The maximum atomic E-state index is 12.4. The van der Waals surface area contributed by atoms with Gasteiger partial charge in [-0.15, -0.1) is 11.3 Å². The molecule has 7 heteroatoms. The third kappa shape index (κ3) is 4.05. The molecule has 0 saturated carbocycles. The highest BCUT2D eigenvalue weighted by Crippen LogP contribution is 2.22. The Morgan fingerprint density at radius 2 is 2.00 bits per heavy atom. The maximum absolute atomic E-state index is 12.4. The van der Waals surface area contributed by atoms with E-state index in [0.717, 1.165) is 35.0 Å². The number of benzene rings is 1. The van der Waals surface area contributed by atoms with Crippen LogP contribution in [0.3, 0.4) is 0 Å². The van der Waals surface area contributed by atoms with Crippen LogP contribution in [0.1, 0.15) is 27.9 Å². The van der Waals surface area contributed by atoms with E-state index in [-0.39, 0.29) is 5.91 Å². The Kier molecular flexibility index (Phi) is 5.58. The molecule has 0 atom stereocenters. The third-order valence-corrected chi connectivity index (χ3v) is 4.97. The molecule has 26 heavy (non-hydrogen) atoms. The van der Waals surface area contributed by atoms with Gasteiger partial charge in [-0.1, -0.05) is 0 Å². The van der Waals surface area contributed by atoms with Crippen molar-refractivity contribution in [2.45, 2.75) is 27.0 Å². The van der Waals surface area contributed by atoms with Crippen LogP contribution in [-0.2, 0) is 13.2 Å². The van der Waals surface area contributed by atoms with E-state index in [0.29, 0.717) is 11.5 Å². The largest absolute Gasteiger partial charge is 0.497 e. The van der Waals surface area contributed by atoms with Crippen LogP contribution in [0.5, 0.6) is 11.5 Å². The van der Waals surface area contributed by atoms with Gasteiger partial charge in [0.2, 0.25) is 0 Å². The second kappa shape index (κ2) is 8.05. The standard InChI is InChI=1S/C19H21N3O3S/c1-4-22-13(2)17(10-20-22)21-19(23)18-9-14(12-26-18)11-25-16-7-5-15(24-3)6-8-16/h5-10,12H,4,11H2,1-3H3,(H,21,23). The second-order valence-electron chi connectivity index (χ2n) is 5.70. The third-order valence-electron chi connectivity index (χ3n) is 3.99. The van der Waals surface area contributed by atoms with Gasteiger partial charge >= 0.3 is 0 Å². The average molecular weight is 371 g/mol. The van der Waals surface area contributed by atoms with Gasteiger partial charge in [-0.25, -0.2) is 0 Å². The van der Waals surface area contributed by atoms with E-state index in [2.05, 4.69) is 10.4 Å². The van der Waals surface area contributed by atoms with Crippen molar-refractivity contribution < 1.29 is 14.3 Å². The molecule has 136 valence electrons. The van der Waals surface area contributed by atoms with Crippen LogP contribution in [0.15, 0.2) is 41.9 Å². The minimum Gasteiger partial charge on any atom is -0.497 e. The van der Waals surface area contributed by atoms with Crippen molar-refractivity contribution in [3.8, 4) is 11.5 Å². The van der Waals surface area contributed by atoms with Crippen LogP contribution >= 0.6 is 11.3 Å². The van der Waals surface area contributed by atoms with Crippen LogP contribution in [-0.4, -0.2) is 22.8 Å². The molecule has 1 amide bonds. The molecule has 2 aromatic heterocycles. The molecule has 0 spiro atoms. The van der Waals surface area contributed by atoms with Gasteiger partial charge in [-0.3, -0.25) is 9.48 Å². The van der Waals surface area contributed by atoms with Gasteiger partial charge in [0.15, 0.2) is 0 Å². The van der Waals surface area contributed by atoms with Crippen LogP contribution in [0.2, 0.25) is 0 Å². The van der Waals surface area contributed by atoms with Crippen molar-refractivity contribution >= 4 is 22.9 Å². The Balaban J connectivity index is 1.59. The molecular formula is C19H21N3O3S. The first kappa shape index (κ1) is 18.0. The number of thiophene rings is 1. The van der Waals surface area contributed by atoms with Crippen LogP contribution in [0, 0.1) is 6.92 Å². The Morgan fingerprint density at radius 3 is 2.65 bits per heavy atom. The summed E-state index contributed by atoms with van der Waals surface area (Å²) in [5.74, 6) is 1.41. The van der Waals surface area contributed by atoms with Gasteiger partial charge in [0, 0.05) is 12.1 Å². The number of methoxy groups -OCH3 is 1. The minimum atomic E-state index is -0.135. The topological polar surface area (TPSA) is 65.4 Å². The van der Waals surface area contributed by atoms with E-state index in [1.807, 2.05) is 54.2 Å². The van der Waals surface area contributed by atoms with Gasteiger partial charge in [0.25, 0.3) is 5.91 Å². The number of aromatic nitrogens is 2. The van der Waals surface area contributed by atoms with Crippen molar-refractivity contribution in [2.75, 3.05) is 12.4 Å². The molecule has 1 aromatic carbocycles. The Bertz CT molecular complexity index is 884. The zero-order chi connectivity index (χ0) is 18.5. The number of nitrogens with one attached hydrogen (secondary N) is 1. The first-order chi connectivity index (χ1) is 12.6. The molecule has 0 fully saturated rings. The smallest absolute Gasteiger partial charge is 0.265 e. The molecular weight excluding hydrogens is 350 g/mol. The molecule has 0 bridgehead atoms. The minimum absolute atomic E-state index is 0.135. The summed E-state index contributed by atoms with van der Waals surface area (Å²) in [5.41, 5.74) is 2.64. The van der Waals surface area contributed by atoms with Crippen molar-refractivity contribution in [1.29, 1.82) is 0 Å². The number of hydrogen-bond donors (Lipinski definition) is 1. The van der Waals surface area contributed by atoms with E-state index >= 15 is 0 Å². The number of ether oxygens (including phenoxy) is 2. The molecule has 1 N–H and O–H groups in total. The lowest BCUT2D eigenvalue weighted by Crippen LogP contribution is -2.11. The van der Waals surface area contributed by atoms with E-state index in [9.17, 15) is 4.79 Å². The molecule has 2 heterocycles. The predicted molar refractivity (Wildman–Crippen MR) is 102 cm³/mol. The van der Waals surface area contributed by atoms with Gasteiger partial charge in [-0.2, -0.15) is 5.10 Å². The average Bonchev–Trinajstić information content (AvgIpc) is 3.28. The fourth-order valence-corrected chi connectivity index (χ4v) is 3.27. The lowest BCUT2D eigenvalue weighted by Gasteiger charge is -2.06. The fourth-order valence-electron chi connectivity index (χ4n) is 2.48. The molecule has 3 aromatic rings. The number of anilines is 1. The number of nitrogens with zero attached hydrogens (tertiary/aromatic N) is 2. The van der Waals surface area contributed by atoms with E-state index in [1.54, 1.807) is 13.3 Å². The van der Waals surface area contributed by atoms with Crippen LogP contribution in [0.25, 0.3) is 0 Å². The van der Waals surface area contributed by atoms with Crippen molar-refractivity contribution in [2.24, 2.45) is 0 Å². The summed E-state index contributed by atoms with van der Waals surface area (Å²) >= 11 is 1.40. The van der Waals surface area contributed by atoms with Crippen molar-refractivity contribution in [3.63, 3.8) is 0 Å². The number of carbonyl (C=O) groups is 1. The summed E-state index contributed by atoms with van der Waals surface area (Å²) in [6, 6.07) is 9.25. The van der Waals surface area contributed by atoms with E-state index in [1.165, 1.54) is 11.3 Å².